The largest absolute Gasteiger partial charge is 0.327 e. The molecule has 1 aliphatic rings. The van der Waals surface area contributed by atoms with Gasteiger partial charge in [-0.1, -0.05) is 45.0 Å². The highest BCUT2D eigenvalue weighted by Crippen LogP contribution is 2.21. The molecule has 0 saturated carbocycles. The van der Waals surface area contributed by atoms with Crippen molar-refractivity contribution in [3.63, 3.8) is 0 Å². The lowest BCUT2D eigenvalue weighted by atomic mass is 9.85. The maximum Gasteiger partial charge on any atom is 0.00998 e. The van der Waals surface area contributed by atoms with Crippen molar-refractivity contribution in [3.8, 4) is 0 Å². The molecule has 2 heteroatoms. The summed E-state index contributed by atoms with van der Waals surface area (Å²) < 4.78 is 0. The molecule has 2 rings (SSSR count). The van der Waals surface area contributed by atoms with E-state index in [1.54, 1.807) is 0 Å². The number of hydrogen-bond acceptors (Lipinski definition) is 2. The average molecular weight is 260 g/mol. The first-order valence-electron chi connectivity index (χ1n) is 7.51. The summed E-state index contributed by atoms with van der Waals surface area (Å²) in [5.41, 5.74) is 9.55. The summed E-state index contributed by atoms with van der Waals surface area (Å²) in [7, 11) is 0. The van der Waals surface area contributed by atoms with Crippen LogP contribution in [-0.4, -0.2) is 30.6 Å². The maximum atomic E-state index is 6.26. The lowest BCUT2D eigenvalue weighted by Crippen LogP contribution is -2.39. The predicted molar refractivity (Wildman–Crippen MR) is 82.3 cm³/mol. The second-order valence-corrected chi connectivity index (χ2v) is 6.87. The van der Waals surface area contributed by atoms with Gasteiger partial charge in [-0.3, -0.25) is 0 Å². The first kappa shape index (κ1) is 14.5. The highest BCUT2D eigenvalue weighted by atomic mass is 15.1. The van der Waals surface area contributed by atoms with Crippen LogP contribution in [0.4, 0.5) is 0 Å². The Balaban J connectivity index is 1.85. The van der Waals surface area contributed by atoms with Gasteiger partial charge >= 0.3 is 0 Å². The third kappa shape index (κ3) is 4.05. The standard InChI is InChI=1S/C17H28N2/c1-17(2,3)16(18)10-13-19-11-8-14-6-4-5-7-15(14)9-12-19/h4-7,16H,8-13,18H2,1-3H3. The van der Waals surface area contributed by atoms with Crippen molar-refractivity contribution in [1.29, 1.82) is 0 Å². The Bertz CT molecular complexity index is 379. The molecule has 0 bridgehead atoms. The Labute approximate surface area is 118 Å². The van der Waals surface area contributed by atoms with Crippen LogP contribution < -0.4 is 5.73 Å². The fourth-order valence-corrected chi connectivity index (χ4v) is 2.69. The number of benzene rings is 1. The van der Waals surface area contributed by atoms with Gasteiger partial charge in [0.05, 0.1) is 0 Å². The molecule has 0 fully saturated rings. The molecule has 0 amide bonds. The summed E-state index contributed by atoms with van der Waals surface area (Å²) >= 11 is 0. The molecule has 106 valence electrons. The van der Waals surface area contributed by atoms with E-state index >= 15 is 0 Å². The van der Waals surface area contributed by atoms with Crippen molar-refractivity contribution in [2.75, 3.05) is 19.6 Å². The number of fused-ring (bicyclic) bond motifs is 1. The third-order valence-corrected chi connectivity index (χ3v) is 4.38. The van der Waals surface area contributed by atoms with E-state index in [-0.39, 0.29) is 11.5 Å². The van der Waals surface area contributed by atoms with Crippen LogP contribution in [-0.2, 0) is 12.8 Å². The van der Waals surface area contributed by atoms with E-state index in [4.69, 9.17) is 5.73 Å². The number of hydrogen-bond donors (Lipinski definition) is 1. The fraction of sp³-hybridized carbons (Fsp3) is 0.647. The van der Waals surface area contributed by atoms with Gasteiger partial charge in [0.25, 0.3) is 0 Å². The van der Waals surface area contributed by atoms with Gasteiger partial charge in [0.15, 0.2) is 0 Å². The minimum Gasteiger partial charge on any atom is -0.327 e. The summed E-state index contributed by atoms with van der Waals surface area (Å²) in [6, 6.07) is 9.16. The Morgan fingerprint density at radius 2 is 1.63 bits per heavy atom. The van der Waals surface area contributed by atoms with Gasteiger partial charge < -0.3 is 10.6 Å². The molecule has 0 saturated heterocycles. The fourth-order valence-electron chi connectivity index (χ4n) is 2.69. The van der Waals surface area contributed by atoms with Crippen LogP contribution in [0.3, 0.4) is 0 Å². The van der Waals surface area contributed by atoms with Crippen molar-refractivity contribution < 1.29 is 0 Å². The van der Waals surface area contributed by atoms with Crippen molar-refractivity contribution in [2.24, 2.45) is 11.1 Å². The van der Waals surface area contributed by atoms with Gasteiger partial charge in [-0.15, -0.1) is 0 Å². The lowest BCUT2D eigenvalue weighted by molar-refractivity contribution is 0.234. The number of nitrogens with zero attached hydrogens (tertiary/aromatic N) is 1. The molecule has 0 aliphatic carbocycles. The number of nitrogens with two attached hydrogens (primary N) is 1. The van der Waals surface area contributed by atoms with E-state index in [9.17, 15) is 0 Å². The first-order valence-corrected chi connectivity index (χ1v) is 7.51. The number of rotatable bonds is 3. The smallest absolute Gasteiger partial charge is 0.00998 e. The highest BCUT2D eigenvalue weighted by Gasteiger charge is 2.21. The summed E-state index contributed by atoms with van der Waals surface area (Å²) in [5.74, 6) is 0. The minimum atomic E-state index is 0.217. The maximum absolute atomic E-state index is 6.26. The Morgan fingerprint density at radius 1 is 1.11 bits per heavy atom. The van der Waals surface area contributed by atoms with Gasteiger partial charge in [-0.05, 0) is 42.3 Å². The van der Waals surface area contributed by atoms with Gasteiger partial charge in [0, 0.05) is 19.1 Å². The van der Waals surface area contributed by atoms with Gasteiger partial charge in [0.2, 0.25) is 0 Å². The molecule has 2 N–H and O–H groups in total. The normalized spacial score (nSPS) is 18.7. The lowest BCUT2D eigenvalue weighted by Gasteiger charge is -2.29. The monoisotopic (exact) mass is 260 g/mol. The quantitative estimate of drug-likeness (QED) is 0.905. The van der Waals surface area contributed by atoms with Crippen molar-refractivity contribution in [1.82, 2.24) is 4.90 Å². The Morgan fingerprint density at radius 3 is 2.11 bits per heavy atom. The molecule has 19 heavy (non-hydrogen) atoms. The van der Waals surface area contributed by atoms with Crippen LogP contribution in [0, 0.1) is 5.41 Å². The zero-order valence-electron chi connectivity index (χ0n) is 12.7. The van der Waals surface area contributed by atoms with Crippen LogP contribution in [0.5, 0.6) is 0 Å². The first-order chi connectivity index (χ1) is 8.97. The molecule has 1 atom stereocenters. The second-order valence-electron chi connectivity index (χ2n) is 6.87. The van der Waals surface area contributed by atoms with E-state index < -0.39 is 0 Å². The van der Waals surface area contributed by atoms with Gasteiger partial charge in [0.1, 0.15) is 0 Å². The van der Waals surface area contributed by atoms with E-state index in [1.807, 2.05) is 0 Å². The van der Waals surface area contributed by atoms with Crippen LogP contribution in [0.15, 0.2) is 24.3 Å². The van der Waals surface area contributed by atoms with Crippen LogP contribution >= 0.6 is 0 Å². The van der Waals surface area contributed by atoms with Crippen LogP contribution in [0.1, 0.15) is 38.3 Å². The van der Waals surface area contributed by atoms with E-state index in [0.717, 1.165) is 13.0 Å². The molecule has 1 aliphatic heterocycles. The third-order valence-electron chi connectivity index (χ3n) is 4.38. The molecule has 1 aromatic rings. The molecule has 2 nitrogen and oxygen atoms in total. The Hall–Kier alpha value is -0.860. The summed E-state index contributed by atoms with van der Waals surface area (Å²) in [4.78, 5) is 2.58. The molecule has 0 aromatic heterocycles. The van der Waals surface area contributed by atoms with Gasteiger partial charge in [-0.25, -0.2) is 0 Å². The van der Waals surface area contributed by atoms with Crippen molar-refractivity contribution >= 4 is 0 Å². The highest BCUT2D eigenvalue weighted by molar-refractivity contribution is 5.28. The zero-order valence-corrected chi connectivity index (χ0v) is 12.7. The molecule has 0 radical (unpaired) electrons. The molecular formula is C17H28N2. The van der Waals surface area contributed by atoms with Crippen molar-refractivity contribution in [3.05, 3.63) is 35.4 Å². The topological polar surface area (TPSA) is 29.3 Å². The SMILES string of the molecule is CC(C)(C)C(N)CCN1CCc2ccccc2CC1. The summed E-state index contributed by atoms with van der Waals surface area (Å²) in [6.45, 7) is 10.2. The van der Waals surface area contributed by atoms with E-state index in [0.29, 0.717) is 0 Å². The molecule has 1 heterocycles. The second kappa shape index (κ2) is 6.06. The average Bonchev–Trinajstić information content (AvgIpc) is 2.57. The zero-order chi connectivity index (χ0) is 13.9. The van der Waals surface area contributed by atoms with Gasteiger partial charge in [-0.2, -0.15) is 0 Å². The Kier molecular flexibility index (Phi) is 4.64. The predicted octanol–water partition coefficient (Wildman–Crippen LogP) is 2.85. The van der Waals surface area contributed by atoms with E-state index in [2.05, 4.69) is 49.9 Å². The summed E-state index contributed by atoms with van der Waals surface area (Å²) in [5, 5.41) is 0. The summed E-state index contributed by atoms with van der Waals surface area (Å²) in [6.07, 6.45) is 3.46. The van der Waals surface area contributed by atoms with Crippen LogP contribution in [0.2, 0.25) is 0 Å². The van der Waals surface area contributed by atoms with Crippen LogP contribution in [0.25, 0.3) is 0 Å². The molecule has 1 unspecified atom stereocenters. The van der Waals surface area contributed by atoms with Crippen molar-refractivity contribution in [2.45, 2.75) is 46.1 Å². The minimum absolute atomic E-state index is 0.217. The molecular weight excluding hydrogens is 232 g/mol. The van der Waals surface area contributed by atoms with E-state index in [1.165, 1.54) is 37.1 Å². The molecule has 0 spiro atoms. The molecule has 1 aromatic carbocycles.